The van der Waals surface area contributed by atoms with E-state index in [0.717, 1.165) is 29.3 Å². The van der Waals surface area contributed by atoms with Gasteiger partial charge < -0.3 is 4.74 Å². The van der Waals surface area contributed by atoms with Gasteiger partial charge in [0.15, 0.2) is 5.78 Å². The zero-order valence-electron chi connectivity index (χ0n) is 15.0. The quantitative estimate of drug-likeness (QED) is 0.344. The largest absolute Gasteiger partial charge is 0.457 e. The highest BCUT2D eigenvalue weighted by atomic mass is 16.6. The van der Waals surface area contributed by atoms with Gasteiger partial charge in [0.05, 0.1) is 15.9 Å². The molecular weight excluding hydrogens is 376 g/mol. The summed E-state index contributed by atoms with van der Waals surface area (Å²) in [7, 11) is 0. The van der Waals surface area contributed by atoms with Crippen LogP contribution in [0.5, 0.6) is 11.5 Å². The maximum Gasteiger partial charge on any atom is 0.277 e. The summed E-state index contributed by atoms with van der Waals surface area (Å²) >= 11 is 0. The van der Waals surface area contributed by atoms with Gasteiger partial charge in [0.1, 0.15) is 11.5 Å². The molecule has 1 aliphatic heterocycles. The second-order valence-electron chi connectivity index (χ2n) is 6.61. The van der Waals surface area contributed by atoms with Crippen LogP contribution < -0.4 is 4.74 Å². The van der Waals surface area contributed by atoms with E-state index >= 15 is 0 Å². The fourth-order valence-corrected chi connectivity index (χ4v) is 3.50. The SMILES string of the molecule is O=C(CC1c2ccccc2Oc2ccccc21)c1cc([N+](=O)[O-])cc([N+](=O)[O-])c1. The van der Waals surface area contributed by atoms with Crippen LogP contribution in [-0.4, -0.2) is 15.6 Å². The van der Waals surface area contributed by atoms with Crippen LogP contribution in [0.15, 0.2) is 66.7 Å². The molecule has 0 aromatic heterocycles. The Morgan fingerprint density at radius 2 is 1.31 bits per heavy atom. The Kier molecular flexibility index (Phi) is 4.52. The Balaban J connectivity index is 1.74. The molecule has 3 aromatic rings. The third kappa shape index (κ3) is 3.43. The van der Waals surface area contributed by atoms with E-state index < -0.39 is 27.0 Å². The summed E-state index contributed by atoms with van der Waals surface area (Å²) in [5.41, 5.74) is 0.594. The monoisotopic (exact) mass is 390 g/mol. The molecule has 0 bridgehead atoms. The molecule has 4 rings (SSSR count). The number of nitro benzene ring substituents is 2. The molecule has 0 radical (unpaired) electrons. The predicted octanol–water partition coefficient (Wildman–Crippen LogP) is 5.01. The summed E-state index contributed by atoms with van der Waals surface area (Å²) in [6.07, 6.45) is -0.00426. The number of benzene rings is 3. The average molecular weight is 390 g/mol. The second-order valence-corrected chi connectivity index (χ2v) is 6.61. The first kappa shape index (κ1) is 18.3. The third-order valence-corrected chi connectivity index (χ3v) is 4.84. The Labute approximate surface area is 164 Å². The van der Waals surface area contributed by atoms with Crippen molar-refractivity contribution in [2.75, 3.05) is 0 Å². The number of carbonyl (C=O) groups excluding carboxylic acids is 1. The van der Waals surface area contributed by atoms with E-state index in [1.807, 2.05) is 36.4 Å². The number of hydrogen-bond acceptors (Lipinski definition) is 6. The van der Waals surface area contributed by atoms with Gasteiger partial charge in [0.2, 0.25) is 0 Å². The molecule has 0 amide bonds. The number of non-ortho nitro benzene ring substituents is 2. The number of Topliss-reactive ketones (excluding diaryl/α,β-unsaturated/α-hetero) is 1. The number of hydrogen-bond donors (Lipinski definition) is 0. The molecule has 1 heterocycles. The maximum atomic E-state index is 13.0. The van der Waals surface area contributed by atoms with E-state index in [-0.39, 0.29) is 17.9 Å². The van der Waals surface area contributed by atoms with Gasteiger partial charge in [0, 0.05) is 41.2 Å². The first-order valence-electron chi connectivity index (χ1n) is 8.77. The highest BCUT2D eigenvalue weighted by molar-refractivity contribution is 5.98. The molecule has 1 aliphatic rings. The van der Waals surface area contributed by atoms with Crippen molar-refractivity contribution in [3.63, 3.8) is 0 Å². The number of carbonyl (C=O) groups is 1. The normalized spacial score (nSPS) is 12.4. The third-order valence-electron chi connectivity index (χ3n) is 4.84. The van der Waals surface area contributed by atoms with Gasteiger partial charge in [-0.15, -0.1) is 0 Å². The second kappa shape index (κ2) is 7.16. The number of ether oxygens (including phenoxy) is 1. The summed E-state index contributed by atoms with van der Waals surface area (Å²) in [6, 6.07) is 17.7. The van der Waals surface area contributed by atoms with Gasteiger partial charge in [-0.3, -0.25) is 25.0 Å². The summed E-state index contributed by atoms with van der Waals surface area (Å²) < 4.78 is 5.91. The summed E-state index contributed by atoms with van der Waals surface area (Å²) in [5, 5.41) is 22.2. The van der Waals surface area contributed by atoms with Gasteiger partial charge in [-0.2, -0.15) is 0 Å². The van der Waals surface area contributed by atoms with Crippen LogP contribution in [-0.2, 0) is 0 Å². The summed E-state index contributed by atoms with van der Waals surface area (Å²) in [6.45, 7) is 0. The first-order valence-corrected chi connectivity index (χ1v) is 8.77. The molecule has 144 valence electrons. The van der Waals surface area contributed by atoms with Crippen LogP contribution in [0.4, 0.5) is 11.4 Å². The zero-order valence-corrected chi connectivity index (χ0v) is 15.0. The number of nitrogens with zero attached hydrogens (tertiary/aromatic N) is 2. The smallest absolute Gasteiger partial charge is 0.277 e. The predicted molar refractivity (Wildman–Crippen MR) is 103 cm³/mol. The molecule has 0 unspecified atom stereocenters. The molecule has 0 atom stereocenters. The van der Waals surface area contributed by atoms with Crippen LogP contribution >= 0.6 is 0 Å². The van der Waals surface area contributed by atoms with Crippen molar-refractivity contribution in [2.24, 2.45) is 0 Å². The van der Waals surface area contributed by atoms with Gasteiger partial charge in [-0.25, -0.2) is 0 Å². The van der Waals surface area contributed by atoms with Gasteiger partial charge >= 0.3 is 0 Å². The topological polar surface area (TPSA) is 113 Å². The van der Waals surface area contributed by atoms with Gasteiger partial charge in [-0.05, 0) is 12.1 Å². The number of nitro groups is 2. The maximum absolute atomic E-state index is 13.0. The van der Waals surface area contributed by atoms with Crippen LogP contribution in [0.25, 0.3) is 0 Å². The van der Waals surface area contributed by atoms with E-state index in [4.69, 9.17) is 4.74 Å². The Bertz CT molecular complexity index is 1080. The Morgan fingerprint density at radius 3 is 1.79 bits per heavy atom. The number of rotatable bonds is 5. The molecule has 0 N–H and O–H groups in total. The van der Waals surface area contributed by atoms with E-state index in [2.05, 4.69) is 0 Å². The van der Waals surface area contributed by atoms with Crippen molar-refractivity contribution >= 4 is 17.2 Å². The summed E-state index contributed by atoms with van der Waals surface area (Å²) in [5.74, 6) is 0.512. The van der Waals surface area contributed by atoms with Crippen molar-refractivity contribution in [3.05, 3.63) is 104 Å². The summed E-state index contributed by atoms with van der Waals surface area (Å²) in [4.78, 5) is 33.7. The minimum atomic E-state index is -0.747. The first-order chi connectivity index (χ1) is 13.9. The zero-order chi connectivity index (χ0) is 20.5. The van der Waals surface area contributed by atoms with Crippen LogP contribution in [0.3, 0.4) is 0 Å². The van der Waals surface area contributed by atoms with Gasteiger partial charge in [-0.1, -0.05) is 36.4 Å². The van der Waals surface area contributed by atoms with Gasteiger partial charge in [0.25, 0.3) is 11.4 Å². The fraction of sp³-hybridized carbons (Fsp3) is 0.0952. The minimum Gasteiger partial charge on any atom is -0.457 e. The number of fused-ring (bicyclic) bond motifs is 2. The molecule has 0 fully saturated rings. The van der Waals surface area contributed by atoms with Crippen molar-refractivity contribution in [1.29, 1.82) is 0 Å². The number of ketones is 1. The van der Waals surface area contributed by atoms with E-state index in [0.29, 0.717) is 11.5 Å². The molecule has 29 heavy (non-hydrogen) atoms. The van der Waals surface area contributed by atoms with Crippen LogP contribution in [0.1, 0.15) is 33.8 Å². The van der Waals surface area contributed by atoms with E-state index in [1.165, 1.54) is 0 Å². The number of para-hydroxylation sites is 2. The lowest BCUT2D eigenvalue weighted by Gasteiger charge is -2.27. The highest BCUT2D eigenvalue weighted by Gasteiger charge is 2.30. The standard InChI is InChI=1S/C21H14N2O6/c24-19(13-9-14(22(25)26)11-15(10-13)23(27)28)12-18-16-5-1-3-7-20(16)29-21-8-4-2-6-17(18)21/h1-11,18H,12H2. The van der Waals surface area contributed by atoms with Crippen LogP contribution in [0, 0.1) is 20.2 Å². The molecular formula is C21H14N2O6. The fourth-order valence-electron chi connectivity index (χ4n) is 3.50. The molecule has 0 spiro atoms. The Morgan fingerprint density at radius 1 is 0.828 bits per heavy atom. The molecule has 0 aliphatic carbocycles. The lowest BCUT2D eigenvalue weighted by atomic mass is 9.83. The lowest BCUT2D eigenvalue weighted by molar-refractivity contribution is -0.394. The molecule has 3 aromatic carbocycles. The van der Waals surface area contributed by atoms with Crippen LogP contribution in [0.2, 0.25) is 0 Å². The molecule has 0 saturated carbocycles. The minimum absolute atomic E-state index is 0.00426. The van der Waals surface area contributed by atoms with E-state index in [9.17, 15) is 25.0 Å². The van der Waals surface area contributed by atoms with Crippen molar-refractivity contribution in [3.8, 4) is 11.5 Å². The van der Waals surface area contributed by atoms with Crippen molar-refractivity contribution < 1.29 is 19.4 Å². The molecule has 8 heteroatoms. The van der Waals surface area contributed by atoms with E-state index in [1.54, 1.807) is 12.1 Å². The van der Waals surface area contributed by atoms with Crippen molar-refractivity contribution in [1.82, 2.24) is 0 Å². The van der Waals surface area contributed by atoms with Crippen molar-refractivity contribution in [2.45, 2.75) is 12.3 Å². The molecule has 8 nitrogen and oxygen atoms in total. The average Bonchev–Trinajstić information content (AvgIpc) is 2.73. The molecule has 0 saturated heterocycles. The highest BCUT2D eigenvalue weighted by Crippen LogP contribution is 2.45. The lowest BCUT2D eigenvalue weighted by Crippen LogP contribution is -2.14. The Hall–Kier alpha value is -4.07.